The first kappa shape index (κ1) is 8.98. The highest BCUT2D eigenvalue weighted by Gasteiger charge is 1.59. The first-order valence-electron chi connectivity index (χ1n) is 2.60. The Morgan fingerprint density at radius 3 is 1.56 bits per heavy atom. The van der Waals surface area contributed by atoms with Crippen LogP contribution in [0.5, 0.6) is 0 Å². The second kappa shape index (κ2) is 7.98. The molecule has 1 rings (SSSR count). The number of hydrogen-bond acceptors (Lipinski definition) is 3. The molecule has 0 amide bonds. The van der Waals surface area contributed by atoms with Crippen LogP contribution >= 0.6 is 25.3 Å². The number of furan rings is 1. The minimum atomic E-state index is 0.878. The molecule has 0 aliphatic heterocycles. The van der Waals surface area contributed by atoms with Crippen molar-refractivity contribution in [2.75, 3.05) is 11.5 Å². The van der Waals surface area contributed by atoms with Crippen LogP contribution in [0, 0.1) is 0 Å². The standard InChI is InChI=1S/C4H4O.C2H6S2/c1-2-4-5-3-1;3-1-2-4/h1-4H;3-4H,1-2H2. The van der Waals surface area contributed by atoms with Crippen molar-refractivity contribution in [1.82, 2.24) is 0 Å². The fourth-order valence-corrected chi connectivity index (χ4v) is 0.227. The van der Waals surface area contributed by atoms with Crippen molar-refractivity contribution in [1.29, 1.82) is 0 Å². The average molecular weight is 162 g/mol. The summed E-state index contributed by atoms with van der Waals surface area (Å²) >= 11 is 7.69. The molecule has 0 fully saturated rings. The molecule has 0 bridgehead atoms. The normalized spacial score (nSPS) is 7.78. The monoisotopic (exact) mass is 162 g/mol. The van der Waals surface area contributed by atoms with Gasteiger partial charge in [-0.25, -0.2) is 0 Å². The highest BCUT2D eigenvalue weighted by Crippen LogP contribution is 1.79. The molecule has 0 atom stereocenters. The van der Waals surface area contributed by atoms with E-state index in [4.69, 9.17) is 0 Å². The van der Waals surface area contributed by atoms with Gasteiger partial charge < -0.3 is 4.42 Å². The fourth-order valence-electron chi connectivity index (χ4n) is 0.227. The Hall–Kier alpha value is -0.0200. The van der Waals surface area contributed by atoms with E-state index in [1.54, 1.807) is 12.5 Å². The van der Waals surface area contributed by atoms with Gasteiger partial charge in [-0.15, -0.1) is 0 Å². The van der Waals surface area contributed by atoms with Crippen LogP contribution in [-0.2, 0) is 0 Å². The SMILES string of the molecule is SCCS.c1ccoc1. The van der Waals surface area contributed by atoms with Crippen LogP contribution in [0.2, 0.25) is 0 Å². The molecule has 0 aliphatic carbocycles. The maximum Gasteiger partial charge on any atom is 0.0902 e. The van der Waals surface area contributed by atoms with Crippen molar-refractivity contribution in [3.05, 3.63) is 24.7 Å². The lowest BCUT2D eigenvalue weighted by atomic mass is 10.7. The third-order valence-corrected chi connectivity index (χ3v) is 1.33. The Kier molecular flexibility index (Phi) is 7.96. The van der Waals surface area contributed by atoms with Crippen LogP contribution in [0.1, 0.15) is 0 Å². The zero-order valence-corrected chi connectivity index (χ0v) is 6.82. The average Bonchev–Trinajstić information content (AvgIpc) is 2.43. The van der Waals surface area contributed by atoms with E-state index in [-0.39, 0.29) is 0 Å². The molecular formula is C6H10OS2. The largest absolute Gasteiger partial charge is 0.473 e. The molecule has 0 N–H and O–H groups in total. The molecule has 0 aromatic carbocycles. The molecule has 0 aliphatic rings. The van der Waals surface area contributed by atoms with E-state index in [2.05, 4.69) is 29.7 Å². The molecule has 1 aromatic heterocycles. The zero-order valence-electron chi connectivity index (χ0n) is 5.03. The van der Waals surface area contributed by atoms with Crippen LogP contribution < -0.4 is 0 Å². The van der Waals surface area contributed by atoms with Crippen LogP contribution in [-0.4, -0.2) is 11.5 Å². The molecule has 0 saturated carbocycles. The van der Waals surface area contributed by atoms with Crippen LogP contribution in [0.15, 0.2) is 29.1 Å². The van der Waals surface area contributed by atoms with Gasteiger partial charge in [-0.1, -0.05) is 0 Å². The minimum absolute atomic E-state index is 0.878. The topological polar surface area (TPSA) is 13.1 Å². The fraction of sp³-hybridized carbons (Fsp3) is 0.333. The van der Waals surface area contributed by atoms with E-state index in [9.17, 15) is 0 Å². The number of thiol groups is 2. The Labute approximate surface area is 66.3 Å². The molecule has 0 spiro atoms. The molecule has 1 nitrogen and oxygen atoms in total. The van der Waals surface area contributed by atoms with Gasteiger partial charge >= 0.3 is 0 Å². The molecule has 52 valence electrons. The summed E-state index contributed by atoms with van der Waals surface area (Å²) in [7, 11) is 0. The summed E-state index contributed by atoms with van der Waals surface area (Å²) in [5, 5.41) is 0. The third kappa shape index (κ3) is 7.98. The zero-order chi connectivity index (χ0) is 6.95. The Morgan fingerprint density at radius 1 is 1.00 bits per heavy atom. The van der Waals surface area contributed by atoms with E-state index in [0.717, 1.165) is 11.5 Å². The Bertz CT molecular complexity index is 86.6. The summed E-state index contributed by atoms with van der Waals surface area (Å²) < 4.78 is 4.58. The maximum absolute atomic E-state index is 4.58. The van der Waals surface area contributed by atoms with Gasteiger partial charge in [0.15, 0.2) is 0 Å². The van der Waals surface area contributed by atoms with Gasteiger partial charge in [0.05, 0.1) is 12.5 Å². The van der Waals surface area contributed by atoms with E-state index >= 15 is 0 Å². The van der Waals surface area contributed by atoms with Crippen LogP contribution in [0.3, 0.4) is 0 Å². The van der Waals surface area contributed by atoms with Crippen LogP contribution in [0.25, 0.3) is 0 Å². The van der Waals surface area contributed by atoms with Gasteiger partial charge in [-0.3, -0.25) is 0 Å². The smallest absolute Gasteiger partial charge is 0.0902 e. The summed E-state index contributed by atoms with van der Waals surface area (Å²) in [4.78, 5) is 0. The number of rotatable bonds is 1. The summed E-state index contributed by atoms with van der Waals surface area (Å²) in [5.74, 6) is 1.76. The van der Waals surface area contributed by atoms with Crippen molar-refractivity contribution in [2.45, 2.75) is 0 Å². The van der Waals surface area contributed by atoms with Gasteiger partial charge in [-0.2, -0.15) is 25.3 Å². The molecule has 9 heavy (non-hydrogen) atoms. The summed E-state index contributed by atoms with van der Waals surface area (Å²) in [5.41, 5.74) is 0. The van der Waals surface area contributed by atoms with Gasteiger partial charge in [-0.05, 0) is 23.6 Å². The van der Waals surface area contributed by atoms with E-state index in [0.29, 0.717) is 0 Å². The lowest BCUT2D eigenvalue weighted by molar-refractivity contribution is 0.567. The Morgan fingerprint density at radius 2 is 1.44 bits per heavy atom. The predicted octanol–water partition coefficient (Wildman–Crippen LogP) is 2.13. The first-order valence-corrected chi connectivity index (χ1v) is 3.87. The highest BCUT2D eigenvalue weighted by atomic mass is 32.1. The van der Waals surface area contributed by atoms with Crippen LogP contribution in [0.4, 0.5) is 0 Å². The predicted molar refractivity (Wildman–Crippen MR) is 46.4 cm³/mol. The van der Waals surface area contributed by atoms with Crippen molar-refractivity contribution in [2.24, 2.45) is 0 Å². The van der Waals surface area contributed by atoms with E-state index < -0.39 is 0 Å². The molecule has 0 unspecified atom stereocenters. The lowest BCUT2D eigenvalue weighted by Gasteiger charge is -1.67. The van der Waals surface area contributed by atoms with E-state index in [1.807, 2.05) is 12.1 Å². The third-order valence-electron chi connectivity index (χ3n) is 0.525. The Balaban J connectivity index is 0.000000148. The summed E-state index contributed by atoms with van der Waals surface area (Å²) in [6, 6.07) is 3.67. The van der Waals surface area contributed by atoms with Gasteiger partial charge in [0.2, 0.25) is 0 Å². The van der Waals surface area contributed by atoms with Gasteiger partial charge in [0.1, 0.15) is 0 Å². The van der Waals surface area contributed by atoms with E-state index in [1.165, 1.54) is 0 Å². The molecule has 3 heteroatoms. The molecular weight excluding hydrogens is 152 g/mol. The molecule has 1 aromatic rings. The second-order valence-corrected chi connectivity index (χ2v) is 2.13. The maximum atomic E-state index is 4.58. The molecule has 0 radical (unpaired) electrons. The quantitative estimate of drug-likeness (QED) is 0.603. The van der Waals surface area contributed by atoms with Crippen molar-refractivity contribution in [3.63, 3.8) is 0 Å². The highest BCUT2D eigenvalue weighted by molar-refractivity contribution is 7.84. The summed E-state index contributed by atoms with van der Waals surface area (Å²) in [6.45, 7) is 0. The van der Waals surface area contributed by atoms with Gasteiger partial charge in [0.25, 0.3) is 0 Å². The lowest BCUT2D eigenvalue weighted by Crippen LogP contribution is -1.64. The minimum Gasteiger partial charge on any atom is -0.473 e. The second-order valence-electron chi connectivity index (χ2n) is 1.24. The molecule has 1 heterocycles. The first-order chi connectivity index (χ1) is 4.41. The molecule has 0 saturated heterocycles. The van der Waals surface area contributed by atoms with Crippen molar-refractivity contribution < 1.29 is 4.42 Å². The van der Waals surface area contributed by atoms with Crippen molar-refractivity contribution >= 4 is 25.3 Å². The van der Waals surface area contributed by atoms with Crippen molar-refractivity contribution in [3.8, 4) is 0 Å². The summed E-state index contributed by atoms with van der Waals surface area (Å²) in [6.07, 6.45) is 3.25. The number of hydrogen-bond donors (Lipinski definition) is 2. The van der Waals surface area contributed by atoms with Gasteiger partial charge in [0, 0.05) is 0 Å².